The van der Waals surface area contributed by atoms with Crippen LogP contribution in [0.5, 0.6) is 0 Å². The van der Waals surface area contributed by atoms with Gasteiger partial charge in [0.25, 0.3) is 0 Å². The maximum absolute atomic E-state index is 14.4. The van der Waals surface area contributed by atoms with Gasteiger partial charge in [-0.2, -0.15) is 11.4 Å². The molecule has 27 heavy (non-hydrogen) atoms. The zero-order valence-corrected chi connectivity index (χ0v) is 15.5. The van der Waals surface area contributed by atoms with Gasteiger partial charge in [0.05, 0.1) is 27.0 Å². The smallest absolute Gasteiger partial charge is 0.137 e. The fourth-order valence-electron chi connectivity index (χ4n) is 3.25. The molecule has 2 heterocycles. The van der Waals surface area contributed by atoms with E-state index < -0.39 is 11.6 Å². The van der Waals surface area contributed by atoms with Crippen LogP contribution < -0.4 is 0 Å². The molecular formula is C21H18F2N2OS. The summed E-state index contributed by atoms with van der Waals surface area (Å²) in [5.41, 5.74) is 3.94. The zero-order valence-electron chi connectivity index (χ0n) is 14.7. The van der Waals surface area contributed by atoms with Crippen LogP contribution in [0.2, 0.25) is 0 Å². The minimum Gasteiger partial charge on any atom is -0.360 e. The highest BCUT2D eigenvalue weighted by atomic mass is 32.1. The van der Waals surface area contributed by atoms with Crippen LogP contribution >= 0.6 is 11.4 Å². The second-order valence-corrected chi connectivity index (χ2v) is 7.70. The molecule has 0 saturated heterocycles. The normalized spacial score (nSPS) is 12.5. The second kappa shape index (κ2) is 7.21. The van der Waals surface area contributed by atoms with Gasteiger partial charge in [0.15, 0.2) is 0 Å². The number of nitrogens with zero attached hydrogens (tertiary/aromatic N) is 2. The Balaban J connectivity index is 1.78. The highest BCUT2D eigenvalue weighted by molar-refractivity contribution is 7.97. The van der Waals surface area contributed by atoms with Gasteiger partial charge in [-0.05, 0) is 36.2 Å². The Morgan fingerprint density at radius 1 is 1.07 bits per heavy atom. The summed E-state index contributed by atoms with van der Waals surface area (Å²) >= 11 is 0.883. The lowest BCUT2D eigenvalue weighted by Crippen LogP contribution is -2.00. The van der Waals surface area contributed by atoms with E-state index in [1.165, 1.54) is 6.07 Å². The number of hydrogen-bond donors (Lipinski definition) is 2. The van der Waals surface area contributed by atoms with E-state index in [2.05, 4.69) is 4.98 Å². The Labute approximate surface area is 158 Å². The fourth-order valence-corrected chi connectivity index (χ4v) is 3.88. The number of aliphatic hydroxyl groups excluding tert-OH is 1. The van der Waals surface area contributed by atoms with Crippen LogP contribution in [0.1, 0.15) is 18.1 Å². The third-order valence-corrected chi connectivity index (χ3v) is 5.47. The molecule has 0 atom stereocenters. The lowest BCUT2D eigenvalue weighted by Gasteiger charge is -2.09. The van der Waals surface area contributed by atoms with Gasteiger partial charge in [-0.25, -0.2) is 8.78 Å². The Bertz CT molecular complexity index is 1160. The van der Waals surface area contributed by atoms with E-state index in [4.69, 9.17) is 0 Å². The van der Waals surface area contributed by atoms with Crippen molar-refractivity contribution in [3.63, 3.8) is 0 Å². The summed E-state index contributed by atoms with van der Waals surface area (Å²) in [5.74, 6) is -0.454. The molecule has 0 bridgehead atoms. The van der Waals surface area contributed by atoms with Crippen molar-refractivity contribution in [3.05, 3.63) is 77.5 Å². The molecule has 0 aliphatic rings. The van der Waals surface area contributed by atoms with E-state index in [1.54, 1.807) is 19.2 Å². The molecular weight excluding hydrogens is 366 g/mol. The number of hydrogen-bond acceptors (Lipinski definition) is 1. The summed E-state index contributed by atoms with van der Waals surface area (Å²) in [5, 5.41) is 10.1. The van der Waals surface area contributed by atoms with E-state index in [0.717, 1.165) is 39.8 Å². The first-order valence-corrected chi connectivity index (χ1v) is 9.60. The molecule has 0 aliphatic heterocycles. The van der Waals surface area contributed by atoms with Crippen molar-refractivity contribution >= 4 is 38.3 Å². The van der Waals surface area contributed by atoms with Crippen molar-refractivity contribution in [2.45, 2.75) is 19.2 Å². The summed E-state index contributed by atoms with van der Waals surface area (Å²) in [7, 11) is 0. The summed E-state index contributed by atoms with van der Waals surface area (Å²) in [6.07, 6.45) is 1.61. The maximum atomic E-state index is 14.4. The van der Waals surface area contributed by atoms with Crippen molar-refractivity contribution < 1.29 is 13.9 Å². The summed E-state index contributed by atoms with van der Waals surface area (Å²) < 4.78 is 30.2. The van der Waals surface area contributed by atoms with Gasteiger partial charge in [0, 0.05) is 24.6 Å². The molecule has 2 aromatic heterocycles. The Hall–Kier alpha value is -2.57. The molecule has 0 saturated carbocycles. The molecule has 6 heteroatoms. The molecule has 2 aromatic carbocycles. The molecule has 0 spiro atoms. The molecule has 0 amide bonds. The number of pyridine rings is 1. The molecule has 0 unspecified atom stereocenters. The first-order chi connectivity index (χ1) is 13.0. The molecule has 3 nitrogen and oxygen atoms in total. The zero-order chi connectivity index (χ0) is 19.0. The van der Waals surface area contributed by atoms with E-state index in [9.17, 15) is 13.9 Å². The van der Waals surface area contributed by atoms with E-state index in [0.29, 0.717) is 28.0 Å². The first-order valence-electron chi connectivity index (χ1n) is 8.53. The predicted octanol–water partition coefficient (Wildman–Crippen LogP) is 5.19. The van der Waals surface area contributed by atoms with Crippen molar-refractivity contribution in [2.75, 3.05) is 0 Å². The first kappa shape index (κ1) is 17.8. The minimum absolute atomic E-state index is 0.344. The van der Waals surface area contributed by atoms with E-state index in [1.807, 2.05) is 34.9 Å². The Morgan fingerprint density at radius 2 is 1.81 bits per heavy atom. The highest BCUT2D eigenvalue weighted by Gasteiger charge is 2.16. The molecule has 4 aromatic rings. The van der Waals surface area contributed by atoms with E-state index >= 15 is 0 Å². The number of aromatic nitrogens is 2. The Morgan fingerprint density at radius 3 is 2.56 bits per heavy atom. The highest BCUT2D eigenvalue weighted by Crippen LogP contribution is 2.31. The average molecular weight is 384 g/mol. The number of aliphatic hydroxyl groups is 1. The monoisotopic (exact) mass is 384 g/mol. The number of fused-ring (bicyclic) bond motifs is 3. The van der Waals surface area contributed by atoms with Crippen LogP contribution in [-0.2, 0) is 12.3 Å². The quantitative estimate of drug-likeness (QED) is 0.375. The number of halogens is 2. The van der Waals surface area contributed by atoms with Gasteiger partial charge in [-0.1, -0.05) is 24.3 Å². The number of benzene rings is 2. The molecule has 0 aliphatic carbocycles. The van der Waals surface area contributed by atoms with Gasteiger partial charge < -0.3 is 9.67 Å². The lowest BCUT2D eigenvalue weighted by molar-refractivity contribution is 0.564. The van der Waals surface area contributed by atoms with Crippen molar-refractivity contribution in [2.24, 2.45) is 0 Å². The minimum atomic E-state index is -0.603. The van der Waals surface area contributed by atoms with Crippen LogP contribution in [-0.4, -0.2) is 19.7 Å². The van der Waals surface area contributed by atoms with Crippen molar-refractivity contribution in [3.8, 4) is 0 Å². The topological polar surface area (TPSA) is 38.0 Å². The van der Waals surface area contributed by atoms with Gasteiger partial charge in [0.2, 0.25) is 0 Å². The van der Waals surface area contributed by atoms with Crippen LogP contribution in [0.15, 0.2) is 54.7 Å². The summed E-state index contributed by atoms with van der Waals surface area (Å²) in [6, 6.07) is 13.9. The number of rotatable bonds is 4. The van der Waals surface area contributed by atoms with Crippen LogP contribution in [0.3, 0.4) is 0 Å². The number of thiol groups is 1. The lowest BCUT2D eigenvalue weighted by atomic mass is 10.1. The van der Waals surface area contributed by atoms with Gasteiger partial charge >= 0.3 is 0 Å². The SMILES string of the molecule is CC(O)=[SH]Cc1ccc(Cn2c3cccnc3c3c(F)cc(F)cc32)cc1. The molecule has 4 rings (SSSR count). The average Bonchev–Trinajstić information content (AvgIpc) is 2.95. The van der Waals surface area contributed by atoms with Crippen molar-refractivity contribution in [1.29, 1.82) is 0 Å². The van der Waals surface area contributed by atoms with Crippen LogP contribution in [0.25, 0.3) is 21.9 Å². The predicted molar refractivity (Wildman–Crippen MR) is 109 cm³/mol. The molecule has 1 N–H and O–H groups in total. The molecule has 138 valence electrons. The van der Waals surface area contributed by atoms with Crippen LogP contribution in [0, 0.1) is 11.6 Å². The van der Waals surface area contributed by atoms with Gasteiger partial charge in [-0.15, -0.1) is 0 Å². The fraction of sp³-hybridized carbons (Fsp3) is 0.143. The maximum Gasteiger partial charge on any atom is 0.137 e. The summed E-state index contributed by atoms with van der Waals surface area (Å²) in [6.45, 7) is 2.17. The third kappa shape index (κ3) is 3.50. The standard InChI is InChI=1S/C21H18F2N2OS/c1-13(26)27-12-15-6-4-14(5-7-15)11-25-18-3-2-8-24-21(18)20-17(23)9-16(22)10-19(20)25/h2-10,26-27H,11-12H2,1H3. The molecule has 0 fully saturated rings. The van der Waals surface area contributed by atoms with Crippen LogP contribution in [0.4, 0.5) is 8.78 Å². The van der Waals surface area contributed by atoms with Crippen molar-refractivity contribution in [1.82, 2.24) is 9.55 Å². The largest absolute Gasteiger partial charge is 0.360 e. The second-order valence-electron chi connectivity index (χ2n) is 6.42. The summed E-state index contributed by atoms with van der Waals surface area (Å²) in [4.78, 5) is 4.31. The van der Waals surface area contributed by atoms with Gasteiger partial charge in [-0.3, -0.25) is 4.98 Å². The molecule has 0 radical (unpaired) electrons. The van der Waals surface area contributed by atoms with Gasteiger partial charge in [0.1, 0.15) is 11.6 Å². The van der Waals surface area contributed by atoms with E-state index in [-0.39, 0.29) is 0 Å². The third-order valence-electron chi connectivity index (χ3n) is 4.49. The Kier molecular flexibility index (Phi) is 4.76.